The van der Waals surface area contributed by atoms with E-state index in [1.807, 2.05) is 44.2 Å². The number of amides is 1. The number of hydrogen-bond donors (Lipinski definition) is 1. The average Bonchev–Trinajstić information content (AvgIpc) is 2.50. The summed E-state index contributed by atoms with van der Waals surface area (Å²) in [5, 5.41) is 3.52. The largest absolute Gasteiger partial charge is 0.497 e. The number of thioether (sulfide) groups is 1. The fourth-order valence-corrected chi connectivity index (χ4v) is 2.66. The SMILES string of the molecule is COc1ccc(CNC(=O)CSc2nc(C)cc(C)n2)cc1. The van der Waals surface area contributed by atoms with E-state index in [2.05, 4.69) is 15.3 Å². The number of carbonyl (C=O) groups excluding carboxylic acids is 1. The Labute approximate surface area is 134 Å². The minimum atomic E-state index is -0.0384. The lowest BCUT2D eigenvalue weighted by Gasteiger charge is -2.06. The predicted molar refractivity (Wildman–Crippen MR) is 87.1 cm³/mol. The lowest BCUT2D eigenvalue weighted by molar-refractivity contribution is -0.118. The number of hydrogen-bond acceptors (Lipinski definition) is 5. The second-order valence-electron chi connectivity index (χ2n) is 4.85. The summed E-state index contributed by atoms with van der Waals surface area (Å²) in [5.41, 5.74) is 2.85. The van der Waals surface area contributed by atoms with E-state index in [1.165, 1.54) is 11.8 Å². The van der Waals surface area contributed by atoms with Gasteiger partial charge >= 0.3 is 0 Å². The number of carbonyl (C=O) groups is 1. The van der Waals surface area contributed by atoms with Gasteiger partial charge in [0, 0.05) is 17.9 Å². The van der Waals surface area contributed by atoms with Gasteiger partial charge in [-0.2, -0.15) is 0 Å². The molecule has 0 unspecified atom stereocenters. The molecule has 0 aliphatic heterocycles. The standard InChI is InChI=1S/C16H19N3O2S/c1-11-8-12(2)19-16(18-11)22-10-15(20)17-9-13-4-6-14(21-3)7-5-13/h4-8H,9-10H2,1-3H3,(H,17,20). The molecule has 1 heterocycles. The van der Waals surface area contributed by atoms with Crippen molar-refractivity contribution in [3.63, 3.8) is 0 Å². The van der Waals surface area contributed by atoms with E-state index < -0.39 is 0 Å². The first-order valence-corrected chi connectivity index (χ1v) is 7.90. The highest BCUT2D eigenvalue weighted by Crippen LogP contribution is 2.14. The van der Waals surface area contributed by atoms with Crippen molar-refractivity contribution < 1.29 is 9.53 Å². The number of aryl methyl sites for hydroxylation is 2. The first-order chi connectivity index (χ1) is 10.6. The van der Waals surface area contributed by atoms with Gasteiger partial charge in [0.15, 0.2) is 5.16 Å². The van der Waals surface area contributed by atoms with Gasteiger partial charge in [-0.15, -0.1) is 0 Å². The van der Waals surface area contributed by atoms with Crippen LogP contribution in [0.3, 0.4) is 0 Å². The van der Waals surface area contributed by atoms with Crippen molar-refractivity contribution in [2.75, 3.05) is 12.9 Å². The summed E-state index contributed by atoms with van der Waals surface area (Å²) in [6.07, 6.45) is 0. The third-order valence-electron chi connectivity index (χ3n) is 2.94. The van der Waals surface area contributed by atoms with Gasteiger partial charge in [-0.3, -0.25) is 4.79 Å². The number of benzene rings is 1. The highest BCUT2D eigenvalue weighted by molar-refractivity contribution is 7.99. The van der Waals surface area contributed by atoms with Crippen LogP contribution in [0.25, 0.3) is 0 Å². The van der Waals surface area contributed by atoms with Crippen molar-refractivity contribution in [1.82, 2.24) is 15.3 Å². The van der Waals surface area contributed by atoms with Crippen molar-refractivity contribution in [2.45, 2.75) is 25.5 Å². The molecule has 0 saturated carbocycles. The van der Waals surface area contributed by atoms with Crippen LogP contribution in [0, 0.1) is 13.8 Å². The maximum absolute atomic E-state index is 11.9. The molecule has 6 heteroatoms. The van der Waals surface area contributed by atoms with Crippen LogP contribution in [-0.2, 0) is 11.3 Å². The second kappa shape index (κ2) is 7.79. The van der Waals surface area contributed by atoms with Crippen molar-refractivity contribution in [2.24, 2.45) is 0 Å². The molecule has 2 rings (SSSR count). The lowest BCUT2D eigenvalue weighted by atomic mass is 10.2. The summed E-state index contributed by atoms with van der Waals surface area (Å²) >= 11 is 1.34. The smallest absolute Gasteiger partial charge is 0.230 e. The zero-order valence-corrected chi connectivity index (χ0v) is 13.7. The molecule has 0 bridgehead atoms. The third-order valence-corrected chi connectivity index (χ3v) is 3.79. The highest BCUT2D eigenvalue weighted by Gasteiger charge is 2.06. The Balaban J connectivity index is 1.80. The summed E-state index contributed by atoms with van der Waals surface area (Å²) in [4.78, 5) is 20.5. The van der Waals surface area contributed by atoms with Crippen LogP contribution in [0.4, 0.5) is 0 Å². The molecule has 0 fully saturated rings. The quantitative estimate of drug-likeness (QED) is 0.655. The summed E-state index contributed by atoms with van der Waals surface area (Å²) < 4.78 is 5.10. The van der Waals surface area contributed by atoms with E-state index in [9.17, 15) is 4.79 Å². The van der Waals surface area contributed by atoms with Crippen molar-refractivity contribution in [3.05, 3.63) is 47.3 Å². The van der Waals surface area contributed by atoms with Gasteiger partial charge in [-0.1, -0.05) is 23.9 Å². The van der Waals surface area contributed by atoms with Crippen LogP contribution in [-0.4, -0.2) is 28.7 Å². The van der Waals surface area contributed by atoms with Gasteiger partial charge < -0.3 is 10.1 Å². The molecule has 0 aliphatic rings. The van der Waals surface area contributed by atoms with Crippen molar-refractivity contribution in [3.8, 4) is 5.75 Å². The molecule has 0 aliphatic carbocycles. The fourth-order valence-electron chi connectivity index (χ4n) is 1.88. The molecule has 0 spiro atoms. The monoisotopic (exact) mass is 317 g/mol. The Morgan fingerprint density at radius 2 is 1.82 bits per heavy atom. The summed E-state index contributed by atoms with van der Waals surface area (Å²) in [6, 6.07) is 9.52. The van der Waals surface area contributed by atoms with E-state index in [0.29, 0.717) is 17.5 Å². The summed E-state index contributed by atoms with van der Waals surface area (Å²) in [7, 11) is 1.63. The van der Waals surface area contributed by atoms with Crippen LogP contribution >= 0.6 is 11.8 Å². The number of nitrogens with zero attached hydrogens (tertiary/aromatic N) is 2. The maximum atomic E-state index is 11.9. The topological polar surface area (TPSA) is 64.1 Å². The molecule has 1 aromatic carbocycles. The van der Waals surface area contributed by atoms with Crippen LogP contribution in [0.2, 0.25) is 0 Å². The molecule has 116 valence electrons. The van der Waals surface area contributed by atoms with E-state index in [1.54, 1.807) is 7.11 Å². The van der Waals surface area contributed by atoms with E-state index in [0.717, 1.165) is 22.7 Å². The van der Waals surface area contributed by atoms with E-state index in [4.69, 9.17) is 4.74 Å². The molecule has 0 radical (unpaired) electrons. The zero-order valence-electron chi connectivity index (χ0n) is 12.9. The van der Waals surface area contributed by atoms with Crippen LogP contribution in [0.1, 0.15) is 17.0 Å². The molecule has 2 aromatic rings. The summed E-state index contributed by atoms with van der Waals surface area (Å²) in [5.74, 6) is 1.07. The van der Waals surface area contributed by atoms with Gasteiger partial charge in [0.1, 0.15) is 5.75 Å². The molecule has 0 atom stereocenters. The molecular weight excluding hydrogens is 298 g/mol. The molecule has 1 N–H and O–H groups in total. The Morgan fingerprint density at radius 3 is 2.41 bits per heavy atom. The number of nitrogens with one attached hydrogen (secondary N) is 1. The Kier molecular flexibility index (Phi) is 5.77. The van der Waals surface area contributed by atoms with Gasteiger partial charge in [-0.25, -0.2) is 9.97 Å². The van der Waals surface area contributed by atoms with Gasteiger partial charge in [-0.05, 0) is 37.6 Å². The Morgan fingerprint density at radius 1 is 1.18 bits per heavy atom. The summed E-state index contributed by atoms with van der Waals surface area (Å²) in [6.45, 7) is 4.34. The van der Waals surface area contributed by atoms with E-state index >= 15 is 0 Å². The van der Waals surface area contributed by atoms with Gasteiger partial charge in [0.2, 0.25) is 5.91 Å². The normalized spacial score (nSPS) is 10.3. The third kappa shape index (κ3) is 5.04. The predicted octanol–water partition coefficient (Wildman–Crippen LogP) is 2.51. The highest BCUT2D eigenvalue weighted by atomic mass is 32.2. The fraction of sp³-hybridized carbons (Fsp3) is 0.312. The zero-order chi connectivity index (χ0) is 15.9. The van der Waals surface area contributed by atoms with Gasteiger partial charge in [0.05, 0.1) is 12.9 Å². The van der Waals surface area contributed by atoms with Crippen LogP contribution < -0.4 is 10.1 Å². The van der Waals surface area contributed by atoms with Crippen LogP contribution in [0.5, 0.6) is 5.75 Å². The number of methoxy groups -OCH3 is 1. The first-order valence-electron chi connectivity index (χ1n) is 6.91. The minimum absolute atomic E-state index is 0.0384. The van der Waals surface area contributed by atoms with Crippen molar-refractivity contribution in [1.29, 1.82) is 0 Å². The first kappa shape index (κ1) is 16.3. The molecule has 1 amide bonds. The van der Waals surface area contributed by atoms with E-state index in [-0.39, 0.29) is 5.91 Å². The molecule has 22 heavy (non-hydrogen) atoms. The second-order valence-corrected chi connectivity index (χ2v) is 5.79. The number of rotatable bonds is 6. The molecular formula is C16H19N3O2S. The van der Waals surface area contributed by atoms with Gasteiger partial charge in [0.25, 0.3) is 0 Å². The number of aromatic nitrogens is 2. The average molecular weight is 317 g/mol. The van der Waals surface area contributed by atoms with Crippen LogP contribution in [0.15, 0.2) is 35.5 Å². The molecule has 0 saturated heterocycles. The lowest BCUT2D eigenvalue weighted by Crippen LogP contribution is -2.24. The van der Waals surface area contributed by atoms with Crippen molar-refractivity contribution >= 4 is 17.7 Å². The minimum Gasteiger partial charge on any atom is -0.497 e. The Bertz CT molecular complexity index is 624. The molecule has 5 nitrogen and oxygen atoms in total. The number of ether oxygens (including phenoxy) is 1. The Hall–Kier alpha value is -2.08. The molecule has 1 aromatic heterocycles. The maximum Gasteiger partial charge on any atom is 0.230 e.